The first-order valence-corrected chi connectivity index (χ1v) is 6.45. The van der Waals surface area contributed by atoms with Crippen LogP contribution in [0.15, 0.2) is 35.5 Å². The number of hydrogen-bond acceptors (Lipinski definition) is 4. The maximum Gasteiger partial charge on any atom is 0.268 e. The van der Waals surface area contributed by atoms with E-state index in [9.17, 15) is 9.59 Å². The maximum absolute atomic E-state index is 11.6. The molecule has 0 bridgehead atoms. The summed E-state index contributed by atoms with van der Waals surface area (Å²) < 4.78 is 0. The molecule has 1 aromatic rings. The minimum atomic E-state index is -0.402. The van der Waals surface area contributed by atoms with Crippen LogP contribution in [0.3, 0.4) is 0 Å². The van der Waals surface area contributed by atoms with Crippen molar-refractivity contribution in [1.29, 1.82) is 0 Å². The number of unbranched alkanes of at least 4 members (excludes halogenated alkanes) is 1. The molecule has 0 aliphatic heterocycles. The van der Waals surface area contributed by atoms with Gasteiger partial charge < -0.3 is 15.8 Å². The normalized spacial score (nSPS) is 10.9. The Morgan fingerprint density at radius 1 is 1.20 bits per heavy atom. The second-order valence-electron chi connectivity index (χ2n) is 4.31. The number of benzene rings is 1. The van der Waals surface area contributed by atoms with Gasteiger partial charge in [0.2, 0.25) is 5.91 Å². The SMILES string of the molecule is C/C(=N/O)C(=O)NCCCCC(=O)Nc1ccccc1. The summed E-state index contributed by atoms with van der Waals surface area (Å²) in [6.07, 6.45) is 1.76. The highest BCUT2D eigenvalue weighted by molar-refractivity contribution is 6.37. The van der Waals surface area contributed by atoms with E-state index in [1.807, 2.05) is 30.3 Å². The van der Waals surface area contributed by atoms with Crippen LogP contribution in [0.1, 0.15) is 26.2 Å². The third-order valence-electron chi connectivity index (χ3n) is 2.65. The van der Waals surface area contributed by atoms with E-state index in [2.05, 4.69) is 15.8 Å². The first-order chi connectivity index (χ1) is 9.63. The van der Waals surface area contributed by atoms with E-state index in [0.717, 1.165) is 5.69 Å². The molecule has 6 heteroatoms. The molecule has 0 spiro atoms. The molecule has 2 amide bonds. The van der Waals surface area contributed by atoms with Gasteiger partial charge in [0.1, 0.15) is 5.71 Å². The number of carbonyl (C=O) groups is 2. The molecule has 0 aliphatic carbocycles. The first-order valence-electron chi connectivity index (χ1n) is 6.45. The monoisotopic (exact) mass is 277 g/mol. The lowest BCUT2D eigenvalue weighted by molar-refractivity contribution is -0.116. The molecule has 0 atom stereocenters. The van der Waals surface area contributed by atoms with Crippen molar-refractivity contribution in [3.05, 3.63) is 30.3 Å². The molecule has 0 aromatic heterocycles. The van der Waals surface area contributed by atoms with Crippen molar-refractivity contribution in [2.75, 3.05) is 11.9 Å². The van der Waals surface area contributed by atoms with Crippen LogP contribution in [-0.2, 0) is 9.59 Å². The predicted molar refractivity (Wildman–Crippen MR) is 76.8 cm³/mol. The van der Waals surface area contributed by atoms with Gasteiger partial charge in [-0.1, -0.05) is 23.4 Å². The summed E-state index contributed by atoms with van der Waals surface area (Å²) in [6, 6.07) is 9.26. The highest BCUT2D eigenvalue weighted by Crippen LogP contribution is 2.06. The van der Waals surface area contributed by atoms with Crippen LogP contribution in [0, 0.1) is 0 Å². The Morgan fingerprint density at radius 2 is 1.90 bits per heavy atom. The van der Waals surface area contributed by atoms with Gasteiger partial charge in [0, 0.05) is 18.7 Å². The van der Waals surface area contributed by atoms with Crippen LogP contribution in [0.5, 0.6) is 0 Å². The molecule has 0 fully saturated rings. The average Bonchev–Trinajstić information content (AvgIpc) is 2.46. The van der Waals surface area contributed by atoms with Gasteiger partial charge in [0.15, 0.2) is 0 Å². The number of nitrogens with one attached hydrogen (secondary N) is 2. The van der Waals surface area contributed by atoms with E-state index in [1.54, 1.807) is 0 Å². The Morgan fingerprint density at radius 3 is 2.55 bits per heavy atom. The van der Waals surface area contributed by atoms with E-state index in [0.29, 0.717) is 25.8 Å². The second-order valence-corrected chi connectivity index (χ2v) is 4.31. The predicted octanol–water partition coefficient (Wildman–Crippen LogP) is 1.76. The van der Waals surface area contributed by atoms with Gasteiger partial charge >= 0.3 is 0 Å². The van der Waals surface area contributed by atoms with E-state index in [1.165, 1.54) is 6.92 Å². The van der Waals surface area contributed by atoms with Crippen LogP contribution in [-0.4, -0.2) is 29.3 Å². The van der Waals surface area contributed by atoms with E-state index >= 15 is 0 Å². The molecule has 108 valence electrons. The molecule has 0 saturated heterocycles. The fourth-order valence-corrected chi connectivity index (χ4v) is 1.53. The molecule has 0 heterocycles. The second kappa shape index (κ2) is 8.68. The molecular weight excluding hydrogens is 258 g/mol. The Labute approximate surface area is 117 Å². The van der Waals surface area contributed by atoms with Gasteiger partial charge in [0.05, 0.1) is 0 Å². The van der Waals surface area contributed by atoms with Gasteiger partial charge in [-0.05, 0) is 31.9 Å². The molecule has 6 nitrogen and oxygen atoms in total. The van der Waals surface area contributed by atoms with Crippen LogP contribution in [0.25, 0.3) is 0 Å². The van der Waals surface area contributed by atoms with Crippen molar-refractivity contribution in [2.24, 2.45) is 5.16 Å². The summed E-state index contributed by atoms with van der Waals surface area (Å²) in [4.78, 5) is 22.8. The molecule has 1 aromatic carbocycles. The maximum atomic E-state index is 11.6. The van der Waals surface area contributed by atoms with Crippen molar-refractivity contribution < 1.29 is 14.8 Å². The number of para-hydroxylation sites is 1. The third-order valence-corrected chi connectivity index (χ3v) is 2.65. The van der Waals surface area contributed by atoms with E-state index in [-0.39, 0.29) is 11.6 Å². The van der Waals surface area contributed by atoms with Crippen molar-refractivity contribution in [1.82, 2.24) is 5.32 Å². The zero-order valence-corrected chi connectivity index (χ0v) is 11.4. The van der Waals surface area contributed by atoms with Gasteiger partial charge in [-0.25, -0.2) is 0 Å². The van der Waals surface area contributed by atoms with Gasteiger partial charge in [-0.2, -0.15) is 0 Å². The largest absolute Gasteiger partial charge is 0.410 e. The zero-order chi connectivity index (χ0) is 14.8. The lowest BCUT2D eigenvalue weighted by Gasteiger charge is -2.05. The van der Waals surface area contributed by atoms with Crippen molar-refractivity contribution in [2.45, 2.75) is 26.2 Å². The van der Waals surface area contributed by atoms with Crippen molar-refractivity contribution >= 4 is 23.2 Å². The number of amides is 2. The summed E-state index contributed by atoms with van der Waals surface area (Å²) >= 11 is 0. The Bertz CT molecular complexity index is 472. The molecule has 20 heavy (non-hydrogen) atoms. The smallest absolute Gasteiger partial charge is 0.268 e. The minimum absolute atomic E-state index is 0.0202. The zero-order valence-electron chi connectivity index (χ0n) is 11.4. The highest BCUT2D eigenvalue weighted by Gasteiger charge is 2.05. The van der Waals surface area contributed by atoms with E-state index in [4.69, 9.17) is 5.21 Å². The average molecular weight is 277 g/mol. The Kier molecular flexibility index (Phi) is 6.81. The first kappa shape index (κ1) is 15.7. The minimum Gasteiger partial charge on any atom is -0.410 e. The van der Waals surface area contributed by atoms with Gasteiger partial charge in [0.25, 0.3) is 5.91 Å². The molecule has 0 radical (unpaired) electrons. The Hall–Kier alpha value is -2.37. The van der Waals surface area contributed by atoms with Crippen LogP contribution in [0.2, 0.25) is 0 Å². The van der Waals surface area contributed by atoms with Crippen molar-refractivity contribution in [3.63, 3.8) is 0 Å². The summed E-state index contributed by atoms with van der Waals surface area (Å²) in [7, 11) is 0. The number of oxime groups is 1. The lowest BCUT2D eigenvalue weighted by Crippen LogP contribution is -2.30. The molecule has 0 saturated carbocycles. The fraction of sp³-hybridized carbons (Fsp3) is 0.357. The summed E-state index contributed by atoms with van der Waals surface area (Å²) in [5.41, 5.74) is 0.799. The van der Waals surface area contributed by atoms with Crippen LogP contribution in [0.4, 0.5) is 5.69 Å². The molecule has 1 rings (SSSR count). The van der Waals surface area contributed by atoms with E-state index < -0.39 is 5.91 Å². The summed E-state index contributed by atoms with van der Waals surface area (Å²) in [5.74, 6) is -0.447. The van der Waals surface area contributed by atoms with Gasteiger partial charge in [-0.15, -0.1) is 0 Å². The Balaban J connectivity index is 2.12. The quantitative estimate of drug-likeness (QED) is 0.307. The number of nitrogens with zero attached hydrogens (tertiary/aromatic N) is 1. The van der Waals surface area contributed by atoms with Gasteiger partial charge in [-0.3, -0.25) is 9.59 Å². The van der Waals surface area contributed by atoms with Crippen molar-refractivity contribution in [3.8, 4) is 0 Å². The topological polar surface area (TPSA) is 90.8 Å². The molecular formula is C14H19N3O3. The third kappa shape index (κ3) is 5.99. The highest BCUT2D eigenvalue weighted by atomic mass is 16.4. The molecule has 0 unspecified atom stereocenters. The lowest BCUT2D eigenvalue weighted by atomic mass is 10.2. The molecule has 3 N–H and O–H groups in total. The summed E-state index contributed by atoms with van der Waals surface area (Å²) in [6.45, 7) is 1.87. The number of hydrogen-bond donors (Lipinski definition) is 3. The number of anilines is 1. The standard InChI is InChI=1S/C14H19N3O3/c1-11(17-20)14(19)15-10-6-5-9-13(18)16-12-7-3-2-4-8-12/h2-4,7-8,20H,5-6,9-10H2,1H3,(H,15,19)(H,16,18)/b17-11-. The number of carbonyl (C=O) groups excluding carboxylic acids is 2. The number of rotatable bonds is 7. The van der Waals surface area contributed by atoms with Crippen LogP contribution >= 0.6 is 0 Å². The molecule has 0 aliphatic rings. The fourth-order valence-electron chi connectivity index (χ4n) is 1.53. The summed E-state index contributed by atoms with van der Waals surface area (Å²) in [5, 5.41) is 16.6. The van der Waals surface area contributed by atoms with Crippen LogP contribution < -0.4 is 10.6 Å².